The Balaban J connectivity index is 1.78. The number of hydrogen-bond acceptors (Lipinski definition) is 1. The highest BCUT2D eigenvalue weighted by Gasteiger charge is 2.33. The van der Waals surface area contributed by atoms with Crippen molar-refractivity contribution in [3.8, 4) is 5.75 Å². The first-order valence-electron chi connectivity index (χ1n) is 8.41. The monoisotopic (exact) mass is 332 g/mol. The Hall–Kier alpha value is -1.26. The maximum Gasteiger partial charge on any atom is 0.397 e. The fraction of sp³-hybridized carbons (Fsp3) is 0.667. The molecule has 0 N–H and O–H groups in total. The summed E-state index contributed by atoms with van der Waals surface area (Å²) < 4.78 is 58.1. The lowest BCUT2D eigenvalue weighted by atomic mass is 9.78. The van der Waals surface area contributed by atoms with Crippen molar-refractivity contribution in [2.75, 3.05) is 0 Å². The molecule has 0 aromatic heterocycles. The molecule has 0 heterocycles. The second kappa shape index (κ2) is 8.02. The summed E-state index contributed by atoms with van der Waals surface area (Å²) in [4.78, 5) is 0. The Labute approximate surface area is 135 Å². The lowest BCUT2D eigenvalue weighted by Crippen LogP contribution is -2.26. The summed E-state index contributed by atoms with van der Waals surface area (Å²) >= 11 is 0. The van der Waals surface area contributed by atoms with E-state index in [9.17, 15) is 17.6 Å². The Morgan fingerprint density at radius 2 is 1.61 bits per heavy atom. The maximum absolute atomic E-state index is 13.9. The van der Waals surface area contributed by atoms with Crippen molar-refractivity contribution in [1.29, 1.82) is 0 Å². The van der Waals surface area contributed by atoms with Crippen LogP contribution in [0.15, 0.2) is 18.2 Å². The van der Waals surface area contributed by atoms with E-state index in [1.165, 1.54) is 12.8 Å². The minimum Gasteiger partial charge on any atom is -0.432 e. The lowest BCUT2D eigenvalue weighted by Gasteiger charge is -2.29. The highest BCUT2D eigenvalue weighted by atomic mass is 19.3. The smallest absolute Gasteiger partial charge is 0.397 e. The number of benzene rings is 1. The van der Waals surface area contributed by atoms with E-state index in [1.54, 1.807) is 0 Å². The fourth-order valence-corrected chi connectivity index (χ4v) is 3.35. The molecule has 0 unspecified atom stereocenters. The molecular weight excluding hydrogens is 308 g/mol. The second-order valence-electron chi connectivity index (χ2n) is 6.53. The SMILES string of the molecule is CCCC1CCC(CCC(F)(F)Oc2ccc(F)c(F)c2)CC1. The molecule has 1 saturated carbocycles. The molecule has 1 aliphatic carbocycles. The van der Waals surface area contributed by atoms with E-state index in [0.717, 1.165) is 43.7 Å². The predicted molar refractivity (Wildman–Crippen MR) is 81.5 cm³/mol. The highest BCUT2D eigenvalue weighted by molar-refractivity contribution is 5.23. The first-order valence-corrected chi connectivity index (χ1v) is 8.41. The van der Waals surface area contributed by atoms with Crippen molar-refractivity contribution in [3.05, 3.63) is 29.8 Å². The van der Waals surface area contributed by atoms with E-state index in [0.29, 0.717) is 18.4 Å². The Bertz CT molecular complexity index is 496. The molecule has 0 spiro atoms. The van der Waals surface area contributed by atoms with E-state index in [1.807, 2.05) is 0 Å². The van der Waals surface area contributed by atoms with Crippen molar-refractivity contribution in [2.45, 2.75) is 64.4 Å². The summed E-state index contributed by atoms with van der Waals surface area (Å²) in [5.41, 5.74) is 0. The summed E-state index contributed by atoms with van der Waals surface area (Å²) in [7, 11) is 0. The summed E-state index contributed by atoms with van der Waals surface area (Å²) in [5.74, 6) is -1.56. The lowest BCUT2D eigenvalue weighted by molar-refractivity contribution is -0.183. The molecule has 1 aliphatic rings. The van der Waals surface area contributed by atoms with Gasteiger partial charge in [0, 0.05) is 6.07 Å². The maximum atomic E-state index is 13.9. The first-order chi connectivity index (χ1) is 10.9. The molecule has 0 saturated heterocycles. The topological polar surface area (TPSA) is 9.23 Å². The van der Waals surface area contributed by atoms with Crippen LogP contribution in [0.2, 0.25) is 0 Å². The van der Waals surface area contributed by atoms with Gasteiger partial charge in [0.1, 0.15) is 5.75 Å². The van der Waals surface area contributed by atoms with Crippen LogP contribution in [-0.4, -0.2) is 6.11 Å². The van der Waals surface area contributed by atoms with Crippen LogP contribution in [0.1, 0.15) is 58.3 Å². The Morgan fingerprint density at radius 1 is 1.00 bits per heavy atom. The number of ether oxygens (including phenoxy) is 1. The average Bonchev–Trinajstić information content (AvgIpc) is 2.50. The molecule has 2 rings (SSSR count). The third-order valence-corrected chi connectivity index (χ3v) is 4.67. The van der Waals surface area contributed by atoms with Gasteiger partial charge in [-0.05, 0) is 30.4 Å². The molecule has 5 heteroatoms. The molecule has 0 aliphatic heterocycles. The van der Waals surface area contributed by atoms with Crippen molar-refractivity contribution in [2.24, 2.45) is 11.8 Å². The number of alkyl halides is 2. The van der Waals surface area contributed by atoms with Gasteiger partial charge in [0.05, 0.1) is 6.42 Å². The van der Waals surface area contributed by atoms with Crippen LogP contribution in [0, 0.1) is 23.5 Å². The molecule has 1 aromatic rings. The van der Waals surface area contributed by atoms with Crippen molar-refractivity contribution < 1.29 is 22.3 Å². The van der Waals surface area contributed by atoms with E-state index in [-0.39, 0.29) is 5.75 Å². The van der Waals surface area contributed by atoms with Gasteiger partial charge in [-0.15, -0.1) is 0 Å². The normalized spacial score (nSPS) is 22.1. The zero-order chi connectivity index (χ0) is 16.9. The highest BCUT2D eigenvalue weighted by Crippen LogP contribution is 2.36. The minimum atomic E-state index is -3.36. The molecule has 1 aromatic carbocycles. The van der Waals surface area contributed by atoms with E-state index >= 15 is 0 Å². The van der Waals surface area contributed by atoms with Gasteiger partial charge in [-0.25, -0.2) is 8.78 Å². The molecule has 1 nitrogen and oxygen atoms in total. The molecule has 23 heavy (non-hydrogen) atoms. The number of halogens is 4. The van der Waals surface area contributed by atoms with Crippen LogP contribution >= 0.6 is 0 Å². The Morgan fingerprint density at radius 3 is 2.17 bits per heavy atom. The van der Waals surface area contributed by atoms with Crippen LogP contribution in [0.5, 0.6) is 5.75 Å². The largest absolute Gasteiger partial charge is 0.432 e. The van der Waals surface area contributed by atoms with Gasteiger partial charge in [0.25, 0.3) is 0 Å². The van der Waals surface area contributed by atoms with E-state index in [4.69, 9.17) is 0 Å². The molecular formula is C18H24F4O. The minimum absolute atomic E-state index is 0.308. The van der Waals surface area contributed by atoms with E-state index in [2.05, 4.69) is 11.7 Å². The summed E-state index contributed by atoms with van der Waals surface area (Å²) in [6.45, 7) is 2.17. The zero-order valence-corrected chi connectivity index (χ0v) is 13.5. The molecule has 130 valence electrons. The van der Waals surface area contributed by atoms with Crippen LogP contribution < -0.4 is 4.74 Å². The van der Waals surface area contributed by atoms with Crippen molar-refractivity contribution >= 4 is 0 Å². The zero-order valence-electron chi connectivity index (χ0n) is 13.5. The van der Waals surface area contributed by atoms with Gasteiger partial charge >= 0.3 is 6.11 Å². The average molecular weight is 332 g/mol. The molecule has 0 radical (unpaired) electrons. The van der Waals surface area contributed by atoms with Gasteiger partial charge in [-0.2, -0.15) is 8.78 Å². The number of hydrogen-bond donors (Lipinski definition) is 0. The van der Waals surface area contributed by atoms with Crippen LogP contribution in [0.3, 0.4) is 0 Å². The molecule has 0 bridgehead atoms. The van der Waals surface area contributed by atoms with Gasteiger partial charge in [0.2, 0.25) is 0 Å². The molecule has 0 atom stereocenters. The van der Waals surface area contributed by atoms with Gasteiger partial charge in [-0.3, -0.25) is 0 Å². The summed E-state index contributed by atoms with van der Waals surface area (Å²) in [6, 6.07) is 2.46. The Kier molecular flexibility index (Phi) is 6.31. The third-order valence-electron chi connectivity index (χ3n) is 4.67. The van der Waals surface area contributed by atoms with Gasteiger partial charge < -0.3 is 4.74 Å². The number of rotatable bonds is 7. The molecule has 0 amide bonds. The second-order valence-corrected chi connectivity index (χ2v) is 6.53. The quantitative estimate of drug-likeness (QED) is 0.531. The first kappa shape index (κ1) is 18.1. The van der Waals surface area contributed by atoms with Crippen LogP contribution in [-0.2, 0) is 0 Å². The van der Waals surface area contributed by atoms with Crippen molar-refractivity contribution in [3.63, 3.8) is 0 Å². The third kappa shape index (κ3) is 5.70. The van der Waals surface area contributed by atoms with Gasteiger partial charge in [-0.1, -0.05) is 45.4 Å². The summed E-state index contributed by atoms with van der Waals surface area (Å²) in [6.07, 6.45) is 3.27. The van der Waals surface area contributed by atoms with Crippen LogP contribution in [0.4, 0.5) is 17.6 Å². The summed E-state index contributed by atoms with van der Waals surface area (Å²) in [5, 5.41) is 0. The molecule has 1 fully saturated rings. The van der Waals surface area contributed by atoms with Crippen LogP contribution in [0.25, 0.3) is 0 Å². The predicted octanol–water partition coefficient (Wildman–Crippen LogP) is 6.32. The fourth-order valence-electron chi connectivity index (χ4n) is 3.35. The van der Waals surface area contributed by atoms with Crippen molar-refractivity contribution in [1.82, 2.24) is 0 Å². The van der Waals surface area contributed by atoms with Gasteiger partial charge in [0.15, 0.2) is 11.6 Å². The van der Waals surface area contributed by atoms with E-state index < -0.39 is 24.2 Å². The standard InChI is InChI=1S/C18H24F4O/c1-2-3-13-4-6-14(7-5-13)10-11-18(21,22)23-15-8-9-16(19)17(20)12-15/h8-9,12-14H,2-7,10-11H2,1H3.